The predicted octanol–water partition coefficient (Wildman–Crippen LogP) is 5.49. The number of nitrogens with zero attached hydrogens (tertiary/aromatic N) is 3. The molecule has 0 aliphatic heterocycles. The van der Waals surface area contributed by atoms with E-state index in [0.717, 1.165) is 27.8 Å². The van der Waals surface area contributed by atoms with Crippen LogP contribution in [0.1, 0.15) is 11.1 Å². The lowest BCUT2D eigenvalue weighted by molar-refractivity contribution is 1.07. The van der Waals surface area contributed by atoms with Crippen molar-refractivity contribution in [2.24, 2.45) is 0 Å². The minimum atomic E-state index is 0.692. The van der Waals surface area contributed by atoms with Crippen molar-refractivity contribution in [3.8, 4) is 34.2 Å². The molecule has 3 aromatic carbocycles. The van der Waals surface area contributed by atoms with Crippen LogP contribution >= 0.6 is 0 Å². The number of benzene rings is 3. The maximum Gasteiger partial charge on any atom is 0.164 e. The Hall–Kier alpha value is -3.33. The van der Waals surface area contributed by atoms with E-state index in [1.165, 1.54) is 0 Å². The van der Waals surface area contributed by atoms with Crippen molar-refractivity contribution in [2.75, 3.05) is 0 Å². The summed E-state index contributed by atoms with van der Waals surface area (Å²) in [5.41, 5.74) is 5.34. The summed E-state index contributed by atoms with van der Waals surface area (Å²) in [6, 6.07) is 26.4. The summed E-state index contributed by atoms with van der Waals surface area (Å²) >= 11 is 0. The van der Waals surface area contributed by atoms with Gasteiger partial charge in [-0.25, -0.2) is 15.0 Å². The molecule has 0 fully saturated rings. The fourth-order valence-electron chi connectivity index (χ4n) is 2.98. The zero-order chi connectivity index (χ0) is 17.9. The third kappa shape index (κ3) is 3.11. The van der Waals surface area contributed by atoms with Gasteiger partial charge in [0.1, 0.15) is 0 Å². The minimum absolute atomic E-state index is 0.692. The van der Waals surface area contributed by atoms with Crippen LogP contribution < -0.4 is 0 Å². The summed E-state index contributed by atoms with van der Waals surface area (Å²) in [4.78, 5) is 14.3. The van der Waals surface area contributed by atoms with Gasteiger partial charge in [-0.1, -0.05) is 78.9 Å². The molecule has 126 valence electrons. The lowest BCUT2D eigenvalue weighted by Gasteiger charge is -2.11. The Morgan fingerprint density at radius 3 is 1.38 bits per heavy atom. The SMILES string of the molecule is Cc1ccccc1-c1nc(-c2ccccc2)nc(-c2ccccc2C)n1. The Morgan fingerprint density at radius 1 is 0.462 bits per heavy atom. The van der Waals surface area contributed by atoms with Crippen molar-refractivity contribution in [3.05, 3.63) is 90.0 Å². The Bertz CT molecular complexity index is 992. The van der Waals surface area contributed by atoms with E-state index in [0.29, 0.717) is 17.5 Å². The first-order valence-corrected chi connectivity index (χ1v) is 8.66. The highest BCUT2D eigenvalue weighted by Crippen LogP contribution is 2.27. The predicted molar refractivity (Wildman–Crippen MR) is 106 cm³/mol. The smallest absolute Gasteiger partial charge is 0.164 e. The van der Waals surface area contributed by atoms with Crippen molar-refractivity contribution in [1.29, 1.82) is 0 Å². The van der Waals surface area contributed by atoms with Crippen LogP contribution in [-0.2, 0) is 0 Å². The van der Waals surface area contributed by atoms with Gasteiger partial charge in [0.2, 0.25) is 0 Å². The van der Waals surface area contributed by atoms with Crippen LogP contribution in [0.25, 0.3) is 34.2 Å². The third-order valence-corrected chi connectivity index (χ3v) is 4.44. The molecule has 0 saturated heterocycles. The molecule has 0 bridgehead atoms. The number of hydrogen-bond acceptors (Lipinski definition) is 3. The Kier molecular flexibility index (Phi) is 4.28. The van der Waals surface area contributed by atoms with Gasteiger partial charge in [-0.05, 0) is 25.0 Å². The van der Waals surface area contributed by atoms with Gasteiger partial charge < -0.3 is 0 Å². The van der Waals surface area contributed by atoms with Gasteiger partial charge >= 0.3 is 0 Å². The van der Waals surface area contributed by atoms with E-state index in [9.17, 15) is 0 Å². The quantitative estimate of drug-likeness (QED) is 0.496. The first-order valence-electron chi connectivity index (χ1n) is 8.66. The van der Waals surface area contributed by atoms with E-state index >= 15 is 0 Å². The van der Waals surface area contributed by atoms with Crippen molar-refractivity contribution >= 4 is 0 Å². The van der Waals surface area contributed by atoms with Crippen LogP contribution in [-0.4, -0.2) is 15.0 Å². The zero-order valence-corrected chi connectivity index (χ0v) is 14.8. The molecule has 1 aromatic heterocycles. The van der Waals surface area contributed by atoms with Gasteiger partial charge in [-0.15, -0.1) is 0 Å². The van der Waals surface area contributed by atoms with Crippen LogP contribution in [0.5, 0.6) is 0 Å². The average molecular weight is 337 g/mol. The molecule has 0 unspecified atom stereocenters. The fraction of sp³-hybridized carbons (Fsp3) is 0.0870. The van der Waals surface area contributed by atoms with E-state index in [1.54, 1.807) is 0 Å². The van der Waals surface area contributed by atoms with Gasteiger partial charge in [-0.2, -0.15) is 0 Å². The molecule has 26 heavy (non-hydrogen) atoms. The summed E-state index contributed by atoms with van der Waals surface area (Å²) in [6.45, 7) is 4.16. The molecular weight excluding hydrogens is 318 g/mol. The number of aromatic nitrogens is 3. The van der Waals surface area contributed by atoms with Gasteiger partial charge in [-0.3, -0.25) is 0 Å². The monoisotopic (exact) mass is 337 g/mol. The first-order chi connectivity index (χ1) is 12.7. The maximum absolute atomic E-state index is 4.80. The van der Waals surface area contributed by atoms with E-state index in [2.05, 4.69) is 38.1 Å². The van der Waals surface area contributed by atoms with Crippen molar-refractivity contribution in [1.82, 2.24) is 15.0 Å². The standard InChI is InChI=1S/C23H19N3/c1-16-10-6-8-14-19(16)22-24-21(18-12-4-3-5-13-18)25-23(26-22)20-15-9-7-11-17(20)2/h3-15H,1-2H3. The van der Waals surface area contributed by atoms with E-state index in [1.807, 2.05) is 54.6 Å². The molecule has 4 rings (SSSR count). The summed E-state index contributed by atoms with van der Waals surface area (Å²) in [6.07, 6.45) is 0. The molecule has 1 heterocycles. The van der Waals surface area contributed by atoms with E-state index in [-0.39, 0.29) is 0 Å². The lowest BCUT2D eigenvalue weighted by Crippen LogP contribution is -2.01. The van der Waals surface area contributed by atoms with Crippen LogP contribution in [0.2, 0.25) is 0 Å². The normalized spacial score (nSPS) is 10.7. The summed E-state index contributed by atoms with van der Waals surface area (Å²) in [7, 11) is 0. The molecular formula is C23H19N3. The van der Waals surface area contributed by atoms with Gasteiger partial charge in [0, 0.05) is 16.7 Å². The average Bonchev–Trinajstić information content (AvgIpc) is 2.69. The second-order valence-electron chi connectivity index (χ2n) is 6.30. The van der Waals surface area contributed by atoms with Gasteiger partial charge in [0.15, 0.2) is 17.5 Å². The molecule has 0 aliphatic carbocycles. The minimum Gasteiger partial charge on any atom is -0.208 e. The highest BCUT2D eigenvalue weighted by Gasteiger charge is 2.14. The molecule has 0 N–H and O–H groups in total. The van der Waals surface area contributed by atoms with Crippen LogP contribution in [0.15, 0.2) is 78.9 Å². The van der Waals surface area contributed by atoms with Gasteiger partial charge in [0.05, 0.1) is 0 Å². The molecule has 0 amide bonds. The Balaban J connectivity index is 1.97. The Labute approximate surface area is 153 Å². The van der Waals surface area contributed by atoms with Gasteiger partial charge in [0.25, 0.3) is 0 Å². The summed E-state index contributed by atoms with van der Waals surface area (Å²) in [5, 5.41) is 0. The molecule has 0 radical (unpaired) electrons. The van der Waals surface area contributed by atoms with Crippen molar-refractivity contribution in [2.45, 2.75) is 13.8 Å². The van der Waals surface area contributed by atoms with E-state index < -0.39 is 0 Å². The van der Waals surface area contributed by atoms with E-state index in [4.69, 9.17) is 15.0 Å². The van der Waals surface area contributed by atoms with Crippen molar-refractivity contribution < 1.29 is 0 Å². The molecule has 0 aliphatic rings. The zero-order valence-electron chi connectivity index (χ0n) is 14.8. The summed E-state index contributed by atoms with van der Waals surface area (Å²) in [5.74, 6) is 2.10. The fourth-order valence-corrected chi connectivity index (χ4v) is 2.98. The number of rotatable bonds is 3. The maximum atomic E-state index is 4.80. The summed E-state index contributed by atoms with van der Waals surface area (Å²) < 4.78 is 0. The molecule has 3 nitrogen and oxygen atoms in total. The largest absolute Gasteiger partial charge is 0.208 e. The highest BCUT2D eigenvalue weighted by atomic mass is 15.0. The van der Waals surface area contributed by atoms with Crippen molar-refractivity contribution in [3.63, 3.8) is 0 Å². The second-order valence-corrected chi connectivity index (χ2v) is 6.30. The lowest BCUT2D eigenvalue weighted by atomic mass is 10.1. The highest BCUT2D eigenvalue weighted by molar-refractivity contribution is 5.69. The molecule has 0 spiro atoms. The third-order valence-electron chi connectivity index (χ3n) is 4.44. The first kappa shape index (κ1) is 16.2. The molecule has 0 atom stereocenters. The number of aryl methyl sites for hydroxylation is 2. The van der Waals surface area contributed by atoms with Crippen LogP contribution in [0.4, 0.5) is 0 Å². The molecule has 3 heteroatoms. The molecule has 0 saturated carbocycles. The topological polar surface area (TPSA) is 38.7 Å². The van der Waals surface area contributed by atoms with Crippen LogP contribution in [0.3, 0.4) is 0 Å². The second kappa shape index (κ2) is 6.89. The Morgan fingerprint density at radius 2 is 0.885 bits per heavy atom. The number of hydrogen-bond donors (Lipinski definition) is 0. The molecule has 4 aromatic rings. The van der Waals surface area contributed by atoms with Crippen LogP contribution in [0, 0.1) is 13.8 Å².